The Morgan fingerprint density at radius 3 is 2.52 bits per heavy atom. The molecule has 0 bridgehead atoms. The number of halogens is 3. The van der Waals surface area contributed by atoms with E-state index in [-0.39, 0.29) is 17.9 Å². The van der Waals surface area contributed by atoms with E-state index >= 15 is 0 Å². The van der Waals surface area contributed by atoms with Gasteiger partial charge in [0.2, 0.25) is 5.91 Å². The number of rotatable bonds is 4. The van der Waals surface area contributed by atoms with Crippen molar-refractivity contribution >= 4 is 11.9 Å². The molecule has 7 nitrogen and oxygen atoms in total. The first-order valence-corrected chi connectivity index (χ1v) is 9.89. The SMILES string of the molecule is CC1CC1C(=O)N1Cc2cccn2CC(OCc2ccccn2)C1.O=C(O)C(F)(F)F. The van der Waals surface area contributed by atoms with Gasteiger partial charge in [-0.2, -0.15) is 13.2 Å². The summed E-state index contributed by atoms with van der Waals surface area (Å²) in [6, 6.07) is 9.97. The molecule has 0 saturated heterocycles. The quantitative estimate of drug-likeness (QED) is 0.792. The molecule has 1 saturated carbocycles. The normalized spacial score (nSPS) is 22.6. The number of ether oxygens (including phenoxy) is 1. The Kier molecular flexibility index (Phi) is 6.99. The lowest BCUT2D eigenvalue weighted by Crippen LogP contribution is -2.38. The summed E-state index contributed by atoms with van der Waals surface area (Å²) in [5.74, 6) is -1.74. The molecule has 2 aromatic heterocycles. The van der Waals surface area contributed by atoms with Gasteiger partial charge in [-0.05, 0) is 36.6 Å². The maximum atomic E-state index is 12.7. The number of carbonyl (C=O) groups excluding carboxylic acids is 1. The van der Waals surface area contributed by atoms with Crippen LogP contribution < -0.4 is 0 Å². The molecule has 1 aliphatic carbocycles. The van der Waals surface area contributed by atoms with Gasteiger partial charge in [0.25, 0.3) is 0 Å². The topological polar surface area (TPSA) is 84.7 Å². The maximum Gasteiger partial charge on any atom is 0.490 e. The molecule has 31 heavy (non-hydrogen) atoms. The molecule has 0 aromatic carbocycles. The predicted molar refractivity (Wildman–Crippen MR) is 104 cm³/mol. The van der Waals surface area contributed by atoms with E-state index in [4.69, 9.17) is 14.6 Å². The van der Waals surface area contributed by atoms with Crippen molar-refractivity contribution in [3.8, 4) is 0 Å². The fourth-order valence-electron chi connectivity index (χ4n) is 3.41. The monoisotopic (exact) mass is 439 g/mol. The third-order valence-electron chi connectivity index (χ3n) is 5.27. The first-order valence-electron chi connectivity index (χ1n) is 9.89. The van der Waals surface area contributed by atoms with Crippen LogP contribution >= 0.6 is 0 Å². The zero-order valence-electron chi connectivity index (χ0n) is 17.0. The van der Waals surface area contributed by atoms with E-state index in [1.54, 1.807) is 6.20 Å². The molecule has 168 valence electrons. The van der Waals surface area contributed by atoms with Crippen LogP contribution in [0.4, 0.5) is 13.2 Å². The Balaban J connectivity index is 0.000000339. The number of hydrogen-bond donors (Lipinski definition) is 1. The van der Waals surface area contributed by atoms with Crippen molar-refractivity contribution in [1.29, 1.82) is 0 Å². The van der Waals surface area contributed by atoms with Gasteiger partial charge in [-0.15, -0.1) is 0 Å². The molecule has 0 spiro atoms. The Labute approximate surface area is 177 Å². The molecule has 2 aromatic rings. The zero-order chi connectivity index (χ0) is 22.6. The number of carbonyl (C=O) groups is 2. The van der Waals surface area contributed by atoms with Crippen molar-refractivity contribution in [2.75, 3.05) is 6.54 Å². The van der Waals surface area contributed by atoms with Crippen LogP contribution in [0, 0.1) is 11.8 Å². The Bertz CT molecular complexity index is 901. The first-order chi connectivity index (χ1) is 14.6. The molecular weight excluding hydrogens is 415 g/mol. The van der Waals surface area contributed by atoms with Crippen LogP contribution in [0.5, 0.6) is 0 Å². The number of pyridine rings is 1. The number of fused-ring (bicyclic) bond motifs is 1. The zero-order valence-corrected chi connectivity index (χ0v) is 17.0. The molecule has 1 aliphatic heterocycles. The fraction of sp³-hybridized carbons (Fsp3) is 0.476. The molecule has 3 unspecified atom stereocenters. The summed E-state index contributed by atoms with van der Waals surface area (Å²) < 4.78 is 40.0. The van der Waals surface area contributed by atoms with Crippen LogP contribution in [0.2, 0.25) is 0 Å². The lowest BCUT2D eigenvalue weighted by Gasteiger charge is -2.24. The summed E-state index contributed by atoms with van der Waals surface area (Å²) >= 11 is 0. The molecule has 0 radical (unpaired) electrons. The number of carboxylic acids is 1. The van der Waals surface area contributed by atoms with Gasteiger partial charge in [0.05, 0.1) is 31.5 Å². The number of aliphatic carboxylic acids is 1. The lowest BCUT2D eigenvalue weighted by molar-refractivity contribution is -0.192. The van der Waals surface area contributed by atoms with Gasteiger partial charge in [0.15, 0.2) is 0 Å². The third kappa shape index (κ3) is 6.30. The number of hydrogen-bond acceptors (Lipinski definition) is 4. The van der Waals surface area contributed by atoms with Crippen LogP contribution in [0.25, 0.3) is 0 Å². The van der Waals surface area contributed by atoms with E-state index in [1.165, 1.54) is 5.69 Å². The van der Waals surface area contributed by atoms with Crippen LogP contribution in [-0.2, 0) is 34.0 Å². The van der Waals surface area contributed by atoms with Gasteiger partial charge >= 0.3 is 12.1 Å². The number of carboxylic acid groups (broad SMARTS) is 1. The third-order valence-corrected chi connectivity index (χ3v) is 5.27. The number of amides is 1. The minimum atomic E-state index is -5.08. The van der Waals surface area contributed by atoms with Gasteiger partial charge in [-0.1, -0.05) is 13.0 Å². The fourth-order valence-corrected chi connectivity index (χ4v) is 3.41. The molecule has 3 atom stereocenters. The highest BCUT2D eigenvalue weighted by Crippen LogP contribution is 2.39. The number of nitrogens with zero attached hydrogens (tertiary/aromatic N) is 3. The molecule has 3 heterocycles. The molecule has 2 aliphatic rings. The van der Waals surface area contributed by atoms with Gasteiger partial charge in [-0.25, -0.2) is 4.79 Å². The minimum absolute atomic E-state index is 0.0151. The molecule has 4 rings (SSSR count). The van der Waals surface area contributed by atoms with E-state index in [2.05, 4.69) is 28.7 Å². The standard InChI is InChI=1S/C19H23N3O2.C2HF3O2/c1-14-9-18(14)19(23)22-10-16-6-4-8-21(16)11-17(12-22)24-13-15-5-2-3-7-20-15;3-2(4,5)1(6)7/h2-8,14,17-18H,9-13H2,1H3;(H,6,7). The van der Waals surface area contributed by atoms with Gasteiger partial charge < -0.3 is 19.3 Å². The Morgan fingerprint density at radius 2 is 1.94 bits per heavy atom. The van der Waals surface area contributed by atoms with Crippen molar-refractivity contribution in [1.82, 2.24) is 14.5 Å². The summed E-state index contributed by atoms with van der Waals surface area (Å²) in [6.45, 7) is 4.73. The van der Waals surface area contributed by atoms with Crippen molar-refractivity contribution in [3.63, 3.8) is 0 Å². The molecule has 1 N–H and O–H groups in total. The summed E-state index contributed by atoms with van der Waals surface area (Å²) in [4.78, 5) is 27.9. The van der Waals surface area contributed by atoms with Crippen molar-refractivity contribution in [2.45, 2.75) is 45.3 Å². The van der Waals surface area contributed by atoms with Gasteiger partial charge in [0.1, 0.15) is 0 Å². The number of alkyl halides is 3. The van der Waals surface area contributed by atoms with E-state index in [0.717, 1.165) is 18.7 Å². The first kappa shape index (κ1) is 22.8. The molecule has 10 heteroatoms. The smallest absolute Gasteiger partial charge is 0.475 e. The maximum absolute atomic E-state index is 12.7. The second kappa shape index (κ2) is 9.51. The number of aromatic nitrogens is 2. The molecule has 1 amide bonds. The summed E-state index contributed by atoms with van der Waals surface area (Å²) in [7, 11) is 0. The lowest BCUT2D eigenvalue weighted by atomic mass is 10.2. The molecule has 1 fully saturated rings. The van der Waals surface area contributed by atoms with Gasteiger partial charge in [-0.3, -0.25) is 9.78 Å². The van der Waals surface area contributed by atoms with Crippen LogP contribution in [0.15, 0.2) is 42.7 Å². The summed E-state index contributed by atoms with van der Waals surface area (Å²) in [5, 5.41) is 7.12. The van der Waals surface area contributed by atoms with Crippen molar-refractivity contribution in [3.05, 3.63) is 54.1 Å². The highest BCUT2D eigenvalue weighted by Gasteiger charge is 2.42. The second-order valence-electron chi connectivity index (χ2n) is 7.75. The Hall–Kier alpha value is -2.88. The minimum Gasteiger partial charge on any atom is -0.475 e. The highest BCUT2D eigenvalue weighted by molar-refractivity contribution is 5.81. The van der Waals surface area contributed by atoms with E-state index in [9.17, 15) is 18.0 Å². The Morgan fingerprint density at radius 1 is 1.23 bits per heavy atom. The second-order valence-corrected chi connectivity index (χ2v) is 7.75. The van der Waals surface area contributed by atoms with Crippen LogP contribution in [0.1, 0.15) is 24.7 Å². The summed E-state index contributed by atoms with van der Waals surface area (Å²) in [6.07, 6.45) is -0.227. The van der Waals surface area contributed by atoms with Gasteiger partial charge in [0, 0.05) is 30.6 Å². The van der Waals surface area contributed by atoms with Crippen LogP contribution in [0.3, 0.4) is 0 Å². The average Bonchev–Trinajstić information content (AvgIpc) is 3.35. The van der Waals surface area contributed by atoms with E-state index < -0.39 is 12.1 Å². The van der Waals surface area contributed by atoms with E-state index in [0.29, 0.717) is 25.6 Å². The van der Waals surface area contributed by atoms with Crippen LogP contribution in [-0.4, -0.2) is 50.3 Å². The average molecular weight is 439 g/mol. The van der Waals surface area contributed by atoms with E-state index in [1.807, 2.05) is 29.2 Å². The van der Waals surface area contributed by atoms with Crippen molar-refractivity contribution < 1.29 is 32.6 Å². The summed E-state index contributed by atoms with van der Waals surface area (Å²) in [5.41, 5.74) is 2.10. The molecular formula is C21H24F3N3O4. The van der Waals surface area contributed by atoms with Crippen molar-refractivity contribution in [2.24, 2.45) is 11.8 Å². The largest absolute Gasteiger partial charge is 0.490 e. The highest BCUT2D eigenvalue weighted by atomic mass is 19.4. The predicted octanol–water partition coefficient (Wildman–Crippen LogP) is 3.10.